The van der Waals surface area contributed by atoms with E-state index in [1.54, 1.807) is 23.5 Å². The lowest BCUT2D eigenvalue weighted by Gasteiger charge is -2.35. The predicted molar refractivity (Wildman–Crippen MR) is 182 cm³/mol. The van der Waals surface area contributed by atoms with Crippen LogP contribution in [0.1, 0.15) is 78.4 Å². The number of hydrogen-bond acceptors (Lipinski definition) is 8. The molecule has 10 heteroatoms. The van der Waals surface area contributed by atoms with Gasteiger partial charge >= 0.3 is 12.1 Å². The Morgan fingerprint density at radius 3 is 2.45 bits per heavy atom. The van der Waals surface area contributed by atoms with Crippen molar-refractivity contribution in [1.82, 2.24) is 15.1 Å². The summed E-state index contributed by atoms with van der Waals surface area (Å²) in [6.07, 6.45) is 7.93. The normalized spacial score (nSPS) is 22.9. The standard InChI is InChI=1S/C34H53N3O5S2/c1-23(2)26-14-12-24(13-15-26)19-25-20-29(30(38)35-28(16-18-43-9)31(39)41-8)36(21-25)17-10-11-27-22-44-34(6,7)37(27)32(40)42-33(3,4)5/h10-15,23,25,27-29H,16-22H2,1-9H3,(H,35,38)/b11-10+/t25-,27+,28-,29-/m0/s1. The van der Waals surface area contributed by atoms with Gasteiger partial charge in [-0.3, -0.25) is 14.6 Å². The number of benzene rings is 1. The van der Waals surface area contributed by atoms with Gasteiger partial charge in [-0.2, -0.15) is 11.8 Å². The van der Waals surface area contributed by atoms with Crippen LogP contribution in [0.2, 0.25) is 0 Å². The van der Waals surface area contributed by atoms with E-state index in [1.807, 2.05) is 45.8 Å². The molecule has 44 heavy (non-hydrogen) atoms. The van der Waals surface area contributed by atoms with Crippen molar-refractivity contribution >= 4 is 41.5 Å². The van der Waals surface area contributed by atoms with Crippen LogP contribution < -0.4 is 5.32 Å². The van der Waals surface area contributed by atoms with Gasteiger partial charge in [0.15, 0.2) is 0 Å². The largest absolute Gasteiger partial charge is 0.467 e. The molecule has 2 fully saturated rings. The summed E-state index contributed by atoms with van der Waals surface area (Å²) in [7, 11) is 1.36. The van der Waals surface area contributed by atoms with Crippen molar-refractivity contribution in [1.29, 1.82) is 0 Å². The summed E-state index contributed by atoms with van der Waals surface area (Å²) < 4.78 is 10.7. The number of nitrogens with zero attached hydrogens (tertiary/aromatic N) is 2. The minimum atomic E-state index is -0.667. The summed E-state index contributed by atoms with van der Waals surface area (Å²) in [5.74, 6) is 1.75. The maximum Gasteiger partial charge on any atom is 0.411 e. The van der Waals surface area contributed by atoms with Gasteiger partial charge in [-0.25, -0.2) is 9.59 Å². The second kappa shape index (κ2) is 15.9. The average Bonchev–Trinajstić information content (AvgIpc) is 3.48. The minimum absolute atomic E-state index is 0.106. The van der Waals surface area contributed by atoms with E-state index in [0.29, 0.717) is 31.2 Å². The highest BCUT2D eigenvalue weighted by molar-refractivity contribution is 8.00. The lowest BCUT2D eigenvalue weighted by Crippen LogP contribution is -2.50. The van der Waals surface area contributed by atoms with Crippen LogP contribution in [0.4, 0.5) is 4.79 Å². The van der Waals surface area contributed by atoms with Crippen molar-refractivity contribution < 1.29 is 23.9 Å². The van der Waals surface area contributed by atoms with Crippen LogP contribution in [-0.2, 0) is 25.5 Å². The molecule has 0 bridgehead atoms. The third-order valence-electron chi connectivity index (χ3n) is 8.18. The van der Waals surface area contributed by atoms with E-state index in [9.17, 15) is 14.4 Å². The minimum Gasteiger partial charge on any atom is -0.467 e. The molecule has 0 aromatic heterocycles. The molecule has 1 N–H and O–H groups in total. The number of carbonyl (C=O) groups is 3. The molecule has 0 unspecified atom stereocenters. The molecule has 4 atom stereocenters. The molecule has 2 aliphatic rings. The molecule has 2 saturated heterocycles. The SMILES string of the molecule is COC(=O)[C@H](CCSC)NC(=O)[C@@H]1C[C@H](Cc2ccc(C(C)C)cc2)CN1C/C=C/[C@@H]1CSC(C)(C)N1C(=O)OC(C)(C)C. The fourth-order valence-corrected chi connectivity index (χ4v) is 7.54. The van der Waals surface area contributed by atoms with E-state index >= 15 is 0 Å². The predicted octanol–water partition coefficient (Wildman–Crippen LogP) is 6.10. The summed E-state index contributed by atoms with van der Waals surface area (Å²) in [5, 5.41) is 3.00. The molecular weight excluding hydrogens is 595 g/mol. The topological polar surface area (TPSA) is 88.2 Å². The highest BCUT2D eigenvalue weighted by atomic mass is 32.2. The Balaban J connectivity index is 1.76. The third kappa shape index (κ3) is 10.2. The zero-order chi connectivity index (χ0) is 32.7. The molecular formula is C34H53N3O5S2. The highest BCUT2D eigenvalue weighted by Crippen LogP contribution is 2.40. The maximum atomic E-state index is 13.7. The smallest absolute Gasteiger partial charge is 0.411 e. The molecule has 246 valence electrons. The van der Waals surface area contributed by atoms with Crippen molar-refractivity contribution in [2.45, 2.75) is 102 Å². The van der Waals surface area contributed by atoms with Crippen LogP contribution in [0.25, 0.3) is 0 Å². The van der Waals surface area contributed by atoms with E-state index in [2.05, 4.69) is 60.5 Å². The molecule has 3 rings (SSSR count). The van der Waals surface area contributed by atoms with Gasteiger partial charge in [0.05, 0.1) is 24.1 Å². The Kier molecular flexibility index (Phi) is 13.1. The van der Waals surface area contributed by atoms with E-state index in [1.165, 1.54) is 18.2 Å². The Morgan fingerprint density at radius 1 is 1.18 bits per heavy atom. The number of rotatable bonds is 12. The highest BCUT2D eigenvalue weighted by Gasteiger charge is 2.44. The van der Waals surface area contributed by atoms with Crippen LogP contribution in [0.5, 0.6) is 0 Å². The van der Waals surface area contributed by atoms with E-state index < -0.39 is 17.6 Å². The summed E-state index contributed by atoms with van der Waals surface area (Å²) in [6, 6.07) is 7.66. The van der Waals surface area contributed by atoms with Gasteiger partial charge in [0.2, 0.25) is 5.91 Å². The number of nitrogens with one attached hydrogen (secondary N) is 1. The molecule has 8 nitrogen and oxygen atoms in total. The Bertz CT molecular complexity index is 1150. The zero-order valence-corrected chi connectivity index (χ0v) is 29.7. The van der Waals surface area contributed by atoms with Crippen LogP contribution >= 0.6 is 23.5 Å². The number of likely N-dealkylation sites (tertiary alicyclic amines) is 1. The summed E-state index contributed by atoms with van der Waals surface area (Å²) in [4.78, 5) is 42.9. The van der Waals surface area contributed by atoms with Crippen LogP contribution in [0.3, 0.4) is 0 Å². The molecule has 1 aromatic rings. The number of thioether (sulfide) groups is 2. The number of methoxy groups -OCH3 is 1. The fraction of sp³-hybridized carbons (Fsp3) is 0.676. The van der Waals surface area contributed by atoms with Gasteiger partial charge in [0.25, 0.3) is 0 Å². The maximum absolute atomic E-state index is 13.7. The van der Waals surface area contributed by atoms with Crippen molar-refractivity contribution in [2.24, 2.45) is 5.92 Å². The van der Waals surface area contributed by atoms with Crippen molar-refractivity contribution in [3.05, 3.63) is 47.5 Å². The second-order valence-corrected chi connectivity index (χ2v) is 16.2. The average molecular weight is 648 g/mol. The number of amides is 2. The van der Waals surface area contributed by atoms with Gasteiger partial charge in [-0.15, -0.1) is 11.8 Å². The number of hydrogen-bond donors (Lipinski definition) is 1. The van der Waals surface area contributed by atoms with Crippen molar-refractivity contribution in [3.8, 4) is 0 Å². The Morgan fingerprint density at radius 2 is 1.86 bits per heavy atom. The van der Waals surface area contributed by atoms with Gasteiger partial charge < -0.3 is 14.8 Å². The lowest BCUT2D eigenvalue weighted by molar-refractivity contribution is -0.145. The molecule has 1 aromatic carbocycles. The summed E-state index contributed by atoms with van der Waals surface area (Å²) in [6.45, 7) is 15.5. The van der Waals surface area contributed by atoms with E-state index in [4.69, 9.17) is 9.47 Å². The van der Waals surface area contributed by atoms with E-state index in [0.717, 1.165) is 24.5 Å². The van der Waals surface area contributed by atoms with Gasteiger partial charge in [0.1, 0.15) is 11.6 Å². The molecule has 2 aliphatic heterocycles. The molecule has 2 amide bonds. The quantitative estimate of drug-likeness (QED) is 0.215. The Labute approximate surface area is 273 Å². The zero-order valence-electron chi connectivity index (χ0n) is 28.1. The third-order valence-corrected chi connectivity index (χ3v) is 10.2. The first-order chi connectivity index (χ1) is 20.6. The lowest BCUT2D eigenvalue weighted by atomic mass is 9.94. The van der Waals surface area contributed by atoms with Crippen LogP contribution in [-0.4, -0.2) is 94.3 Å². The summed E-state index contributed by atoms with van der Waals surface area (Å²) >= 11 is 3.36. The number of esters is 1. The first-order valence-electron chi connectivity index (χ1n) is 15.7. The van der Waals surface area contributed by atoms with Crippen LogP contribution in [0, 0.1) is 5.92 Å². The fourth-order valence-electron chi connectivity index (χ4n) is 5.88. The van der Waals surface area contributed by atoms with Gasteiger partial charge in [-0.1, -0.05) is 50.3 Å². The molecule has 0 spiro atoms. The molecule has 0 aliphatic carbocycles. The number of ether oxygens (including phenoxy) is 2. The van der Waals surface area contributed by atoms with Gasteiger partial charge in [-0.05, 0) is 88.9 Å². The van der Waals surface area contributed by atoms with E-state index in [-0.39, 0.29) is 29.0 Å². The van der Waals surface area contributed by atoms with Crippen molar-refractivity contribution in [3.63, 3.8) is 0 Å². The second-order valence-electron chi connectivity index (χ2n) is 13.6. The first kappa shape index (κ1) is 36.3. The van der Waals surface area contributed by atoms with Crippen LogP contribution in [0.15, 0.2) is 36.4 Å². The Hall–Kier alpha value is -2.17. The number of carbonyl (C=O) groups excluding carboxylic acids is 3. The molecule has 0 radical (unpaired) electrons. The van der Waals surface area contributed by atoms with Gasteiger partial charge in [0, 0.05) is 18.8 Å². The van der Waals surface area contributed by atoms with Crippen molar-refractivity contribution in [2.75, 3.05) is 38.0 Å². The monoisotopic (exact) mass is 647 g/mol. The molecule has 0 saturated carbocycles. The summed E-state index contributed by atoms with van der Waals surface area (Å²) in [5.41, 5.74) is 2.01. The first-order valence-corrected chi connectivity index (χ1v) is 18.1. The molecule has 2 heterocycles.